The molecule has 0 atom stereocenters. The van der Waals surface area contributed by atoms with Crippen molar-refractivity contribution in [3.05, 3.63) is 30.0 Å². The Hall–Kier alpha value is -1.93. The van der Waals surface area contributed by atoms with Gasteiger partial charge in [-0.1, -0.05) is 12.1 Å². The van der Waals surface area contributed by atoms with Crippen molar-refractivity contribution in [2.45, 2.75) is 30.9 Å². The fraction of sp³-hybridized carbons (Fsp3) is 0.500. The molecule has 1 aromatic heterocycles. The molecule has 2 fully saturated rings. The predicted molar refractivity (Wildman–Crippen MR) is 103 cm³/mol. The summed E-state index contributed by atoms with van der Waals surface area (Å²) in [6, 6.07) is 8.29. The second-order valence-electron chi connectivity index (χ2n) is 6.95. The maximum absolute atomic E-state index is 9.59. The summed E-state index contributed by atoms with van der Waals surface area (Å²) < 4.78 is 5.45. The molecule has 4 rings (SSSR count). The van der Waals surface area contributed by atoms with Crippen LogP contribution in [-0.4, -0.2) is 36.2 Å². The third kappa shape index (κ3) is 3.41. The van der Waals surface area contributed by atoms with Crippen molar-refractivity contribution in [1.29, 1.82) is 5.26 Å². The van der Waals surface area contributed by atoms with Crippen LogP contribution in [0.3, 0.4) is 0 Å². The van der Waals surface area contributed by atoms with Crippen LogP contribution in [0.1, 0.15) is 31.2 Å². The molecular weight excluding hydrogens is 330 g/mol. The molecule has 5 heteroatoms. The average Bonchev–Trinajstić information content (AvgIpc) is 3.50. The van der Waals surface area contributed by atoms with Gasteiger partial charge in [-0.15, -0.1) is 0 Å². The number of methoxy groups -OCH3 is 1. The van der Waals surface area contributed by atoms with E-state index in [9.17, 15) is 5.26 Å². The fourth-order valence-electron chi connectivity index (χ4n) is 3.60. The van der Waals surface area contributed by atoms with E-state index in [1.165, 1.54) is 31.4 Å². The van der Waals surface area contributed by atoms with Gasteiger partial charge in [0.25, 0.3) is 0 Å². The Morgan fingerprint density at radius 3 is 2.76 bits per heavy atom. The van der Waals surface area contributed by atoms with E-state index < -0.39 is 0 Å². The second kappa shape index (κ2) is 7.13. The Morgan fingerprint density at radius 2 is 2.08 bits per heavy atom. The first-order valence-electron chi connectivity index (χ1n) is 9.02. The van der Waals surface area contributed by atoms with Crippen LogP contribution in [0.5, 0.6) is 5.75 Å². The Kier molecular flexibility index (Phi) is 4.72. The smallest absolute Gasteiger partial charge is 0.145 e. The van der Waals surface area contributed by atoms with E-state index in [1.54, 1.807) is 13.3 Å². The average molecular weight is 353 g/mol. The topological polar surface area (TPSA) is 49.1 Å². The normalized spacial score (nSPS) is 18.3. The number of nitrogens with zero attached hydrogens (tertiary/aromatic N) is 3. The summed E-state index contributed by atoms with van der Waals surface area (Å²) >= 11 is 2.16. The van der Waals surface area contributed by atoms with Crippen LogP contribution in [-0.2, 0) is 0 Å². The quantitative estimate of drug-likeness (QED) is 0.805. The summed E-state index contributed by atoms with van der Waals surface area (Å²) in [7, 11) is 1.66. The number of fused-ring (bicyclic) bond motifs is 1. The number of hydrogen-bond donors (Lipinski definition) is 0. The van der Waals surface area contributed by atoms with Crippen LogP contribution in [0.2, 0.25) is 0 Å². The van der Waals surface area contributed by atoms with Crippen LogP contribution in [0, 0.1) is 17.2 Å². The molecular formula is C20H23N3OS. The molecule has 1 aromatic carbocycles. The number of rotatable bonds is 5. The summed E-state index contributed by atoms with van der Waals surface area (Å²) in [5, 5.41) is 11.6. The van der Waals surface area contributed by atoms with E-state index in [2.05, 4.69) is 33.8 Å². The highest BCUT2D eigenvalue weighted by molar-refractivity contribution is 8.00. The van der Waals surface area contributed by atoms with Crippen LogP contribution in [0.25, 0.3) is 10.9 Å². The van der Waals surface area contributed by atoms with Gasteiger partial charge in [0, 0.05) is 29.9 Å². The largest absolute Gasteiger partial charge is 0.494 e. The van der Waals surface area contributed by atoms with Gasteiger partial charge in [0.2, 0.25) is 0 Å². The molecule has 1 saturated heterocycles. The van der Waals surface area contributed by atoms with Gasteiger partial charge in [0.15, 0.2) is 0 Å². The van der Waals surface area contributed by atoms with Crippen LogP contribution in [0.4, 0.5) is 5.69 Å². The lowest BCUT2D eigenvalue weighted by molar-refractivity contribution is 0.419. The third-order valence-electron chi connectivity index (χ3n) is 5.20. The van der Waals surface area contributed by atoms with Crippen LogP contribution < -0.4 is 9.64 Å². The van der Waals surface area contributed by atoms with Gasteiger partial charge in [-0.2, -0.15) is 17.0 Å². The lowest BCUT2D eigenvalue weighted by atomic mass is 9.97. The molecule has 0 radical (unpaired) electrons. The summed E-state index contributed by atoms with van der Waals surface area (Å²) in [5.74, 6) is 2.88. The van der Waals surface area contributed by atoms with Gasteiger partial charge in [-0.05, 0) is 43.4 Å². The van der Waals surface area contributed by atoms with E-state index >= 15 is 0 Å². The van der Waals surface area contributed by atoms with Gasteiger partial charge in [0.05, 0.1) is 18.4 Å². The van der Waals surface area contributed by atoms with Gasteiger partial charge >= 0.3 is 0 Å². The first-order valence-corrected chi connectivity index (χ1v) is 10.1. The van der Waals surface area contributed by atoms with E-state index in [4.69, 9.17) is 4.74 Å². The molecule has 0 amide bonds. The molecule has 1 saturated carbocycles. The van der Waals surface area contributed by atoms with E-state index in [-0.39, 0.29) is 0 Å². The minimum atomic E-state index is 0.659. The van der Waals surface area contributed by atoms with Gasteiger partial charge in [-0.25, -0.2) is 0 Å². The van der Waals surface area contributed by atoms with Gasteiger partial charge in [-0.3, -0.25) is 4.98 Å². The summed E-state index contributed by atoms with van der Waals surface area (Å²) in [6.07, 6.45) is 6.94. The Bertz CT molecular complexity index is 804. The van der Waals surface area contributed by atoms with Gasteiger partial charge in [0.1, 0.15) is 17.3 Å². The van der Waals surface area contributed by atoms with Gasteiger partial charge < -0.3 is 9.64 Å². The number of anilines is 1. The molecule has 4 nitrogen and oxygen atoms in total. The maximum atomic E-state index is 9.59. The van der Waals surface area contributed by atoms with Crippen molar-refractivity contribution < 1.29 is 4.74 Å². The molecule has 2 aromatic rings. The van der Waals surface area contributed by atoms with E-state index in [0.29, 0.717) is 5.56 Å². The number of para-hydroxylation sites is 1. The predicted octanol–water partition coefficient (Wildman–Crippen LogP) is 4.23. The molecule has 0 N–H and O–H groups in total. The molecule has 25 heavy (non-hydrogen) atoms. The summed E-state index contributed by atoms with van der Waals surface area (Å²) in [5.41, 5.74) is 2.52. The highest BCUT2D eigenvalue weighted by Gasteiger charge is 2.27. The maximum Gasteiger partial charge on any atom is 0.145 e. The number of hydrogen-bond acceptors (Lipinski definition) is 5. The van der Waals surface area contributed by atoms with E-state index in [0.717, 1.165) is 46.6 Å². The highest BCUT2D eigenvalue weighted by atomic mass is 32.2. The second-order valence-corrected chi connectivity index (χ2v) is 8.29. The number of nitriles is 1. The molecule has 0 spiro atoms. The van der Waals surface area contributed by atoms with Crippen molar-refractivity contribution in [3.63, 3.8) is 0 Å². The minimum absolute atomic E-state index is 0.659. The Labute approximate surface area is 153 Å². The zero-order chi connectivity index (χ0) is 17.2. The number of piperidine rings is 1. The SMILES string of the molecule is COc1cccc2c(N3CCC(CSC4CC4)CC3)c(C#N)cnc12. The lowest BCUT2D eigenvalue weighted by Gasteiger charge is -2.34. The Balaban J connectivity index is 1.59. The number of ether oxygens (including phenoxy) is 1. The van der Waals surface area contributed by atoms with Crippen molar-refractivity contribution in [1.82, 2.24) is 4.98 Å². The zero-order valence-electron chi connectivity index (χ0n) is 14.6. The molecule has 2 heterocycles. The lowest BCUT2D eigenvalue weighted by Crippen LogP contribution is -2.35. The summed E-state index contributed by atoms with van der Waals surface area (Å²) in [4.78, 5) is 6.85. The minimum Gasteiger partial charge on any atom is -0.494 e. The highest BCUT2D eigenvalue weighted by Crippen LogP contribution is 2.38. The first-order chi connectivity index (χ1) is 12.3. The Morgan fingerprint density at radius 1 is 1.28 bits per heavy atom. The van der Waals surface area contributed by atoms with Crippen LogP contribution >= 0.6 is 11.8 Å². The number of aromatic nitrogens is 1. The molecule has 1 aliphatic carbocycles. The van der Waals surface area contributed by atoms with Crippen molar-refractivity contribution in [3.8, 4) is 11.8 Å². The molecule has 130 valence electrons. The van der Waals surface area contributed by atoms with E-state index in [1.807, 2.05) is 12.1 Å². The van der Waals surface area contributed by atoms with Crippen LogP contribution in [0.15, 0.2) is 24.4 Å². The van der Waals surface area contributed by atoms with Crippen molar-refractivity contribution in [2.75, 3.05) is 30.9 Å². The first kappa shape index (κ1) is 16.5. The molecule has 0 unspecified atom stereocenters. The molecule has 1 aliphatic heterocycles. The number of thioether (sulfide) groups is 1. The van der Waals surface area contributed by atoms with Crippen molar-refractivity contribution in [2.24, 2.45) is 5.92 Å². The molecule has 0 bridgehead atoms. The van der Waals surface area contributed by atoms with Crippen molar-refractivity contribution >= 4 is 28.4 Å². The zero-order valence-corrected chi connectivity index (χ0v) is 15.4. The standard InChI is InChI=1S/C20H23N3OS/c1-24-18-4-2-3-17-19(18)22-12-15(11-21)20(17)23-9-7-14(8-10-23)13-25-16-5-6-16/h2-4,12,14,16H,5-10,13H2,1H3. The summed E-state index contributed by atoms with van der Waals surface area (Å²) in [6.45, 7) is 2.03. The third-order valence-corrected chi connectivity index (χ3v) is 6.80. The number of benzene rings is 1. The molecule has 2 aliphatic rings. The number of pyridine rings is 1. The monoisotopic (exact) mass is 353 g/mol. The fourth-order valence-corrected chi connectivity index (χ4v) is 4.95.